The monoisotopic (exact) mass is 735 g/mol. The Balaban J connectivity index is 0.000000257. The zero-order valence-electron chi connectivity index (χ0n) is 31.8. The molecule has 0 fully saturated rings. The number of nitriles is 1. The van der Waals surface area contributed by atoms with Gasteiger partial charge in [-0.2, -0.15) is 5.26 Å². The number of benzene rings is 8. The van der Waals surface area contributed by atoms with Crippen molar-refractivity contribution >= 4 is 34.9 Å². The Hall–Kier alpha value is -7.61. The minimum atomic E-state index is 0.651. The molecule has 1 aromatic heterocycles. The predicted octanol–water partition coefficient (Wildman–Crippen LogP) is 14.0. The van der Waals surface area contributed by atoms with E-state index in [1.807, 2.05) is 121 Å². The third-order valence-corrected chi connectivity index (χ3v) is 9.73. The molecule has 0 aliphatic rings. The lowest BCUT2D eigenvalue weighted by Gasteiger charge is -2.08. The maximum absolute atomic E-state index is 9.57. The van der Waals surface area contributed by atoms with E-state index in [1.54, 1.807) is 0 Å². The molecule has 4 nitrogen and oxygen atoms in total. The van der Waals surface area contributed by atoms with Gasteiger partial charge in [0.2, 0.25) is 0 Å². The van der Waals surface area contributed by atoms with Crippen molar-refractivity contribution in [3.63, 3.8) is 0 Å². The molecule has 0 saturated carbocycles. The number of aliphatic imine (C=N–C) groups is 1. The van der Waals surface area contributed by atoms with Crippen LogP contribution < -0.4 is 0 Å². The molecule has 0 radical (unpaired) electrons. The molecule has 0 aliphatic heterocycles. The summed E-state index contributed by atoms with van der Waals surface area (Å²) in [6.45, 7) is 6.21. The van der Waals surface area contributed by atoms with E-state index in [1.165, 1.54) is 17.3 Å². The van der Waals surface area contributed by atoms with E-state index in [0.717, 1.165) is 78.6 Å². The van der Waals surface area contributed by atoms with Crippen molar-refractivity contribution in [2.45, 2.75) is 13.5 Å². The summed E-state index contributed by atoms with van der Waals surface area (Å²) in [7, 11) is 0. The van der Waals surface area contributed by atoms with Crippen LogP contribution in [0.4, 0.5) is 0 Å². The van der Waals surface area contributed by atoms with Crippen LogP contribution in [0.3, 0.4) is 0 Å². The number of hydrogen-bond donors (Lipinski definition) is 1. The Morgan fingerprint density at radius 1 is 0.561 bits per heavy atom. The third-order valence-electron chi connectivity index (χ3n) is 9.73. The Labute approximate surface area is 334 Å². The van der Waals surface area contributed by atoms with Crippen LogP contribution in [0, 0.1) is 23.7 Å². The van der Waals surface area contributed by atoms with E-state index in [2.05, 4.69) is 97.5 Å². The lowest BCUT2D eigenvalue weighted by Crippen LogP contribution is -1.87. The lowest BCUT2D eigenvalue weighted by atomic mass is 9.93. The highest BCUT2D eigenvalue weighted by atomic mass is 16.3. The van der Waals surface area contributed by atoms with E-state index in [0.29, 0.717) is 5.56 Å². The minimum absolute atomic E-state index is 0.651. The Morgan fingerprint density at radius 2 is 1.11 bits per heavy atom. The summed E-state index contributed by atoms with van der Waals surface area (Å²) in [5.74, 6) is 0. The van der Waals surface area contributed by atoms with Crippen molar-refractivity contribution in [3.05, 3.63) is 216 Å². The summed E-state index contributed by atoms with van der Waals surface area (Å²) in [6, 6.07) is 67.6. The van der Waals surface area contributed by atoms with Gasteiger partial charge < -0.3 is 9.83 Å². The molecule has 0 saturated heterocycles. The zero-order chi connectivity index (χ0) is 39.4. The maximum atomic E-state index is 9.57. The second kappa shape index (κ2) is 18.1. The van der Waals surface area contributed by atoms with Crippen LogP contribution in [0.1, 0.15) is 22.3 Å². The molecule has 57 heavy (non-hydrogen) atoms. The highest BCUT2D eigenvalue weighted by molar-refractivity contribution is 6.19. The van der Waals surface area contributed by atoms with Gasteiger partial charge in [0.05, 0.1) is 18.2 Å². The topological polar surface area (TPSA) is 73.1 Å². The van der Waals surface area contributed by atoms with Gasteiger partial charge >= 0.3 is 0 Å². The molecule has 9 aromatic rings. The van der Waals surface area contributed by atoms with Crippen LogP contribution >= 0.6 is 0 Å². The van der Waals surface area contributed by atoms with Gasteiger partial charge in [-0.3, -0.25) is 4.99 Å². The minimum Gasteiger partial charge on any atom is -0.455 e. The first-order chi connectivity index (χ1) is 28.1. The van der Waals surface area contributed by atoms with Crippen LogP contribution in [0.5, 0.6) is 0 Å². The Kier molecular flexibility index (Phi) is 12.0. The van der Waals surface area contributed by atoms with Crippen LogP contribution in [-0.4, -0.2) is 12.9 Å². The molecule has 0 aliphatic carbocycles. The summed E-state index contributed by atoms with van der Waals surface area (Å²) in [4.78, 5) is 3.76. The highest BCUT2D eigenvalue weighted by Gasteiger charge is 2.20. The van der Waals surface area contributed by atoms with Crippen LogP contribution in [0.25, 0.3) is 66.4 Å². The van der Waals surface area contributed by atoms with E-state index in [-0.39, 0.29) is 0 Å². The van der Waals surface area contributed by atoms with Crippen molar-refractivity contribution in [3.8, 4) is 50.6 Å². The normalized spacial score (nSPS) is 10.4. The fourth-order valence-corrected chi connectivity index (χ4v) is 6.89. The number of aryl methyl sites for hydroxylation is 1. The first-order valence-corrected chi connectivity index (χ1v) is 18.8. The highest BCUT2D eigenvalue weighted by Crippen LogP contribution is 2.43. The van der Waals surface area contributed by atoms with Crippen LogP contribution in [-0.2, 0) is 6.54 Å². The molecule has 8 aromatic carbocycles. The molecule has 1 heterocycles. The standard InChI is InChI=1S/C38H24N2O.C8H9N.C7H8/c39-23-29-13-7-8-14-32(29)27-15-17-28(18-16-27)33-20-19-30(24-40)36-35-22-31(25-9-3-1-4-10-25)21-34(37(35)41-38(33)36)26-11-5-2-6-12-26;1-9-7-8-5-3-2-4-6-8;1-7-5-3-2-4-6-7/h1-22,24,40H;2-6H,1,7H2;2-6H,1H3. The molecule has 0 bridgehead atoms. The zero-order valence-corrected chi connectivity index (χ0v) is 31.8. The average molecular weight is 736 g/mol. The molecule has 0 spiro atoms. The van der Waals surface area contributed by atoms with Gasteiger partial charge in [0.15, 0.2) is 0 Å². The SMILES string of the molecule is C=NCc1ccccc1.Cc1ccccc1.N#Cc1ccccc1-c1ccc(-c2ccc(C=N)c3c2oc2c(-c4ccccc4)cc(-c4ccccc4)cc23)cc1. The number of hydrogen-bond acceptors (Lipinski definition) is 4. The second-order valence-corrected chi connectivity index (χ2v) is 13.5. The molecule has 9 rings (SSSR count). The van der Waals surface area contributed by atoms with Gasteiger partial charge in [-0.25, -0.2) is 0 Å². The number of furan rings is 1. The molecule has 0 atom stereocenters. The van der Waals surface area contributed by atoms with E-state index >= 15 is 0 Å². The average Bonchev–Trinajstić information content (AvgIpc) is 3.67. The van der Waals surface area contributed by atoms with Crippen molar-refractivity contribution in [1.29, 1.82) is 10.7 Å². The summed E-state index contributed by atoms with van der Waals surface area (Å²) >= 11 is 0. The van der Waals surface area contributed by atoms with Gasteiger partial charge in [-0.05, 0) is 76.9 Å². The summed E-state index contributed by atoms with van der Waals surface area (Å²) < 4.78 is 6.76. The Bertz CT molecular complexity index is 2780. The van der Waals surface area contributed by atoms with Crippen LogP contribution in [0.15, 0.2) is 204 Å². The summed E-state index contributed by atoms with van der Waals surface area (Å²) in [5.41, 5.74) is 13.8. The first kappa shape index (κ1) is 37.7. The maximum Gasteiger partial charge on any atom is 0.143 e. The third kappa shape index (κ3) is 8.70. The smallest absolute Gasteiger partial charge is 0.143 e. The van der Waals surface area contributed by atoms with Crippen molar-refractivity contribution in [2.75, 3.05) is 0 Å². The number of rotatable bonds is 7. The molecule has 1 N–H and O–H groups in total. The van der Waals surface area contributed by atoms with Crippen molar-refractivity contribution in [2.24, 2.45) is 4.99 Å². The molecule has 0 amide bonds. The first-order valence-electron chi connectivity index (χ1n) is 18.8. The van der Waals surface area contributed by atoms with Gasteiger partial charge in [-0.15, -0.1) is 0 Å². The molecular formula is C53H41N3O. The quantitative estimate of drug-likeness (QED) is 0.166. The fourth-order valence-electron chi connectivity index (χ4n) is 6.89. The van der Waals surface area contributed by atoms with Gasteiger partial charge in [-0.1, -0.05) is 175 Å². The number of nitrogens with one attached hydrogen (secondary N) is 1. The summed E-state index contributed by atoms with van der Waals surface area (Å²) in [6.07, 6.45) is 1.40. The Morgan fingerprint density at radius 3 is 1.68 bits per heavy atom. The molecule has 274 valence electrons. The predicted molar refractivity (Wildman–Crippen MR) is 239 cm³/mol. The van der Waals surface area contributed by atoms with E-state index in [9.17, 15) is 5.26 Å². The molecule has 4 heteroatoms. The van der Waals surface area contributed by atoms with Crippen LogP contribution in [0.2, 0.25) is 0 Å². The van der Waals surface area contributed by atoms with E-state index < -0.39 is 0 Å². The lowest BCUT2D eigenvalue weighted by molar-refractivity contribution is 0.671. The number of fused-ring (bicyclic) bond motifs is 3. The van der Waals surface area contributed by atoms with Crippen molar-refractivity contribution in [1.82, 2.24) is 0 Å². The largest absolute Gasteiger partial charge is 0.455 e. The van der Waals surface area contributed by atoms with Crippen molar-refractivity contribution < 1.29 is 4.42 Å². The number of nitrogens with zero attached hydrogens (tertiary/aromatic N) is 2. The van der Waals surface area contributed by atoms with E-state index in [4.69, 9.17) is 9.83 Å². The molecule has 0 unspecified atom stereocenters. The fraction of sp³-hybridized carbons (Fsp3) is 0.0377. The second-order valence-electron chi connectivity index (χ2n) is 13.5. The summed E-state index contributed by atoms with van der Waals surface area (Å²) in [5, 5.41) is 19.7. The molecular weight excluding hydrogens is 695 g/mol. The van der Waals surface area contributed by atoms with Gasteiger partial charge in [0.1, 0.15) is 11.2 Å². The van der Waals surface area contributed by atoms with Gasteiger partial charge in [0, 0.05) is 33.7 Å². The van der Waals surface area contributed by atoms with Gasteiger partial charge in [0.25, 0.3) is 0 Å².